The molecule has 0 saturated heterocycles. The molecule has 3 aromatic carbocycles. The Bertz CT molecular complexity index is 1250. The maximum atomic E-state index is 12.9. The predicted octanol–water partition coefficient (Wildman–Crippen LogP) is 3.40. The standard InChI is InChI=1S/C25H21N3O4/c1-15-7-6-10-20(21(15)23(30)26-2)27-22(29)17-11-12-18-19(13-17)25(32)28(24(18)31)14-16-8-4-3-5-9-16/h3-13H,14H2,1-2H3,(H,26,30)(H,27,29). The van der Waals surface area contributed by atoms with Crippen LogP contribution in [0, 0.1) is 6.92 Å². The van der Waals surface area contributed by atoms with Crippen molar-refractivity contribution in [3.63, 3.8) is 0 Å². The van der Waals surface area contributed by atoms with Gasteiger partial charge in [0.25, 0.3) is 23.6 Å². The first-order chi connectivity index (χ1) is 15.4. The molecule has 0 spiro atoms. The van der Waals surface area contributed by atoms with Crippen LogP contribution >= 0.6 is 0 Å². The number of carbonyl (C=O) groups excluding carboxylic acids is 4. The molecule has 0 aliphatic carbocycles. The normalized spacial score (nSPS) is 12.5. The molecule has 0 aromatic heterocycles. The van der Waals surface area contributed by atoms with Crippen molar-refractivity contribution in [2.45, 2.75) is 13.5 Å². The highest BCUT2D eigenvalue weighted by Gasteiger charge is 2.36. The first-order valence-corrected chi connectivity index (χ1v) is 10.1. The molecule has 0 fully saturated rings. The highest BCUT2D eigenvalue weighted by molar-refractivity contribution is 6.22. The number of fused-ring (bicyclic) bond motifs is 1. The van der Waals surface area contributed by atoms with Gasteiger partial charge in [-0.3, -0.25) is 24.1 Å². The topological polar surface area (TPSA) is 95.6 Å². The third-order valence-electron chi connectivity index (χ3n) is 5.39. The van der Waals surface area contributed by atoms with Gasteiger partial charge in [0.05, 0.1) is 28.9 Å². The zero-order valence-electron chi connectivity index (χ0n) is 17.6. The summed E-state index contributed by atoms with van der Waals surface area (Å²) in [6.07, 6.45) is 0. The summed E-state index contributed by atoms with van der Waals surface area (Å²) >= 11 is 0. The SMILES string of the molecule is CNC(=O)c1c(C)cccc1NC(=O)c1ccc2c(c1)C(=O)N(Cc1ccccc1)C2=O. The van der Waals surface area contributed by atoms with Crippen molar-refractivity contribution in [2.24, 2.45) is 0 Å². The monoisotopic (exact) mass is 427 g/mol. The number of carbonyl (C=O) groups is 4. The molecule has 32 heavy (non-hydrogen) atoms. The molecule has 0 unspecified atom stereocenters. The molecular weight excluding hydrogens is 406 g/mol. The van der Waals surface area contributed by atoms with Gasteiger partial charge in [-0.2, -0.15) is 0 Å². The zero-order valence-corrected chi connectivity index (χ0v) is 17.6. The van der Waals surface area contributed by atoms with E-state index < -0.39 is 11.8 Å². The number of aryl methyl sites for hydroxylation is 1. The lowest BCUT2D eigenvalue weighted by atomic mass is 10.0. The first kappa shape index (κ1) is 21.0. The summed E-state index contributed by atoms with van der Waals surface area (Å²) in [5, 5.41) is 5.31. The fourth-order valence-electron chi connectivity index (χ4n) is 3.73. The summed E-state index contributed by atoms with van der Waals surface area (Å²) in [6.45, 7) is 1.94. The summed E-state index contributed by atoms with van der Waals surface area (Å²) in [4.78, 5) is 51.9. The van der Waals surface area contributed by atoms with Crippen molar-refractivity contribution in [1.82, 2.24) is 10.2 Å². The average molecular weight is 427 g/mol. The molecule has 4 rings (SSSR count). The Kier molecular flexibility index (Phi) is 5.55. The number of nitrogens with one attached hydrogen (secondary N) is 2. The maximum absolute atomic E-state index is 12.9. The van der Waals surface area contributed by atoms with E-state index in [0.29, 0.717) is 16.8 Å². The number of rotatable bonds is 5. The maximum Gasteiger partial charge on any atom is 0.261 e. The van der Waals surface area contributed by atoms with Crippen molar-refractivity contribution >= 4 is 29.3 Å². The van der Waals surface area contributed by atoms with Crippen molar-refractivity contribution in [3.05, 3.63) is 100 Å². The van der Waals surface area contributed by atoms with Gasteiger partial charge in [-0.15, -0.1) is 0 Å². The average Bonchev–Trinajstić information content (AvgIpc) is 3.03. The fraction of sp³-hybridized carbons (Fsp3) is 0.120. The highest BCUT2D eigenvalue weighted by atomic mass is 16.2. The number of hydrogen-bond donors (Lipinski definition) is 2. The molecule has 1 heterocycles. The summed E-state index contributed by atoms with van der Waals surface area (Å²) in [5.74, 6) is -1.62. The lowest BCUT2D eigenvalue weighted by molar-refractivity contribution is 0.0641. The second kappa shape index (κ2) is 8.47. The molecule has 3 aromatic rings. The van der Waals surface area contributed by atoms with E-state index in [1.54, 1.807) is 25.1 Å². The van der Waals surface area contributed by atoms with Gasteiger partial charge in [0.1, 0.15) is 0 Å². The Hall–Kier alpha value is -4.26. The quantitative estimate of drug-likeness (QED) is 0.610. The van der Waals surface area contributed by atoms with Crippen LogP contribution in [0.1, 0.15) is 52.6 Å². The number of imide groups is 1. The lowest BCUT2D eigenvalue weighted by Gasteiger charge is -2.13. The van der Waals surface area contributed by atoms with Gasteiger partial charge in [0.2, 0.25) is 0 Å². The Morgan fingerprint density at radius 2 is 1.56 bits per heavy atom. The van der Waals surface area contributed by atoms with Crippen LogP contribution in [0.25, 0.3) is 0 Å². The zero-order chi connectivity index (χ0) is 22.8. The predicted molar refractivity (Wildman–Crippen MR) is 120 cm³/mol. The second-order valence-corrected chi connectivity index (χ2v) is 7.47. The molecular formula is C25H21N3O4. The minimum absolute atomic E-state index is 0.160. The number of nitrogens with zero attached hydrogens (tertiary/aromatic N) is 1. The smallest absolute Gasteiger partial charge is 0.261 e. The van der Waals surface area contributed by atoms with Crippen molar-refractivity contribution in [3.8, 4) is 0 Å². The molecule has 0 bridgehead atoms. The van der Waals surface area contributed by atoms with Gasteiger partial charge in [-0.25, -0.2) is 0 Å². The van der Waals surface area contributed by atoms with E-state index in [2.05, 4.69) is 10.6 Å². The lowest BCUT2D eigenvalue weighted by Crippen LogP contribution is -2.29. The van der Waals surface area contributed by atoms with E-state index >= 15 is 0 Å². The number of amides is 4. The molecule has 160 valence electrons. The largest absolute Gasteiger partial charge is 0.355 e. The van der Waals surface area contributed by atoms with Crippen molar-refractivity contribution in [2.75, 3.05) is 12.4 Å². The Morgan fingerprint density at radius 1 is 0.844 bits per heavy atom. The highest BCUT2D eigenvalue weighted by Crippen LogP contribution is 2.27. The third kappa shape index (κ3) is 3.76. The molecule has 7 nitrogen and oxygen atoms in total. The summed E-state index contributed by atoms with van der Waals surface area (Å²) < 4.78 is 0. The van der Waals surface area contributed by atoms with E-state index in [1.807, 2.05) is 30.3 Å². The second-order valence-electron chi connectivity index (χ2n) is 7.47. The van der Waals surface area contributed by atoms with Crippen LogP contribution in [0.15, 0.2) is 66.7 Å². The molecule has 4 amide bonds. The van der Waals surface area contributed by atoms with Crippen molar-refractivity contribution in [1.29, 1.82) is 0 Å². The number of benzene rings is 3. The fourth-order valence-corrected chi connectivity index (χ4v) is 3.73. The van der Waals surface area contributed by atoms with Gasteiger partial charge in [-0.05, 0) is 42.3 Å². The van der Waals surface area contributed by atoms with Crippen LogP contribution in [0.4, 0.5) is 5.69 Å². The summed E-state index contributed by atoms with van der Waals surface area (Å²) in [5.41, 5.74) is 2.96. The van der Waals surface area contributed by atoms with Crippen LogP contribution in [0.3, 0.4) is 0 Å². The van der Waals surface area contributed by atoms with Gasteiger partial charge in [0.15, 0.2) is 0 Å². The molecule has 2 N–H and O–H groups in total. The Morgan fingerprint density at radius 3 is 2.28 bits per heavy atom. The van der Waals surface area contributed by atoms with Crippen LogP contribution < -0.4 is 10.6 Å². The third-order valence-corrected chi connectivity index (χ3v) is 5.39. The molecule has 0 saturated carbocycles. The van der Waals surface area contributed by atoms with Crippen molar-refractivity contribution < 1.29 is 19.2 Å². The van der Waals surface area contributed by atoms with Crippen LogP contribution in [0.2, 0.25) is 0 Å². The van der Waals surface area contributed by atoms with Crippen LogP contribution in [-0.2, 0) is 6.54 Å². The molecule has 1 aliphatic rings. The van der Waals surface area contributed by atoms with E-state index in [4.69, 9.17) is 0 Å². The van der Waals surface area contributed by atoms with E-state index in [9.17, 15) is 19.2 Å². The van der Waals surface area contributed by atoms with E-state index in [0.717, 1.165) is 5.56 Å². The van der Waals surface area contributed by atoms with Gasteiger partial charge < -0.3 is 10.6 Å². The number of hydrogen-bond acceptors (Lipinski definition) is 4. The van der Waals surface area contributed by atoms with Gasteiger partial charge >= 0.3 is 0 Å². The minimum Gasteiger partial charge on any atom is -0.355 e. The Labute approximate surface area is 185 Å². The summed E-state index contributed by atoms with van der Waals surface area (Å²) in [6, 6.07) is 18.8. The molecule has 7 heteroatoms. The van der Waals surface area contributed by atoms with Gasteiger partial charge in [0, 0.05) is 12.6 Å². The van der Waals surface area contributed by atoms with E-state index in [1.165, 1.54) is 30.1 Å². The van der Waals surface area contributed by atoms with Crippen LogP contribution in [0.5, 0.6) is 0 Å². The van der Waals surface area contributed by atoms with E-state index in [-0.39, 0.29) is 35.0 Å². The van der Waals surface area contributed by atoms with Gasteiger partial charge in [-0.1, -0.05) is 42.5 Å². The summed E-state index contributed by atoms with van der Waals surface area (Å²) in [7, 11) is 1.52. The molecule has 0 radical (unpaired) electrons. The minimum atomic E-state index is -0.481. The van der Waals surface area contributed by atoms with Crippen LogP contribution in [-0.4, -0.2) is 35.6 Å². The first-order valence-electron chi connectivity index (χ1n) is 10.1. The molecule has 0 atom stereocenters. The Balaban J connectivity index is 1.60. The molecule has 1 aliphatic heterocycles. The number of anilines is 1.